The molecule has 34 heteroatoms. The van der Waals surface area contributed by atoms with Gasteiger partial charge in [-0.25, -0.2) is 4.98 Å². The van der Waals surface area contributed by atoms with Crippen LogP contribution in [0.2, 0.25) is 0 Å². The molecule has 0 radical (unpaired) electrons. The number of hydrogen-bond donors (Lipinski definition) is 17. The van der Waals surface area contributed by atoms with E-state index in [0.29, 0.717) is 16.3 Å². The van der Waals surface area contributed by atoms with E-state index in [4.69, 9.17) is 17.2 Å². The lowest BCUT2D eigenvalue weighted by Crippen LogP contribution is -2.62. The van der Waals surface area contributed by atoms with Crippen LogP contribution >= 0.6 is 11.8 Å². The number of aromatic amines is 1. The number of carboxylic acids is 2. The molecule has 20 N–H and O–H groups in total. The molecule has 554 valence electrons. The second-order valence-electron chi connectivity index (χ2n) is 26.0. The number of H-pyrrole nitrogens is 1. The van der Waals surface area contributed by atoms with E-state index in [0.717, 1.165) is 6.42 Å². The zero-order chi connectivity index (χ0) is 74.3. The number of aromatic nitrogens is 2. The highest BCUT2D eigenvalue weighted by molar-refractivity contribution is 8.14. The average molecular weight is 1420 g/mol. The van der Waals surface area contributed by atoms with Gasteiger partial charge in [0.1, 0.15) is 66.5 Å². The normalized spacial score (nSPS) is 23.1. The van der Waals surface area contributed by atoms with Crippen LogP contribution in [0.5, 0.6) is 0 Å². The maximum absolute atomic E-state index is 14.9. The number of amides is 12. The van der Waals surface area contributed by atoms with Gasteiger partial charge in [0.25, 0.3) is 0 Å². The van der Waals surface area contributed by atoms with Crippen molar-refractivity contribution in [3.05, 3.63) is 54.1 Å². The number of nitrogens with two attached hydrogens (primary N) is 3. The number of carbonyl (C=O) groups excluding carboxylic acids is 12. The van der Waals surface area contributed by atoms with Gasteiger partial charge in [-0.2, -0.15) is 0 Å². The van der Waals surface area contributed by atoms with Crippen LogP contribution in [-0.2, 0) is 80.0 Å². The summed E-state index contributed by atoms with van der Waals surface area (Å²) in [5.41, 5.74) is 18.7. The van der Waals surface area contributed by atoms with Crippen LogP contribution in [0.25, 0.3) is 0 Å². The molecule has 2 aliphatic heterocycles. The number of nitrogens with one attached hydrogen (secondary N) is 12. The Morgan fingerprint density at radius 1 is 0.660 bits per heavy atom. The molecule has 3 heterocycles. The van der Waals surface area contributed by atoms with Crippen molar-refractivity contribution in [3.63, 3.8) is 0 Å². The second kappa shape index (κ2) is 42.1. The molecule has 0 unspecified atom stereocenters. The minimum Gasteiger partial charge on any atom is -0.481 e. The molecule has 0 saturated carbocycles. The molecule has 33 nitrogen and oxygen atoms in total. The Morgan fingerprint density at radius 3 is 1.85 bits per heavy atom. The summed E-state index contributed by atoms with van der Waals surface area (Å²) in [6, 6.07) is -8.34. The van der Waals surface area contributed by atoms with Gasteiger partial charge in [-0.15, -0.1) is 11.8 Å². The number of carbonyl (C=O) groups is 14. The van der Waals surface area contributed by atoms with E-state index < -0.39 is 193 Å². The lowest BCUT2D eigenvalue weighted by Gasteiger charge is -2.30. The van der Waals surface area contributed by atoms with Gasteiger partial charge in [0.15, 0.2) is 0 Å². The summed E-state index contributed by atoms with van der Waals surface area (Å²) in [5, 5.41) is 49.1. The predicted molar refractivity (Wildman–Crippen MR) is 369 cm³/mol. The van der Waals surface area contributed by atoms with Gasteiger partial charge in [0.05, 0.1) is 30.3 Å². The summed E-state index contributed by atoms with van der Waals surface area (Å²) in [7, 11) is 0. The molecule has 1 aromatic heterocycles. The standard InChI is InChI=1S/C66H103N17O16S/c1-9-35(6)52(69)66-81-48(32-100-66)63(97)76-43(26-34(4)5)59(93)74-42(22-23-50(85)86)58(92)83-53(36(7)10-2)64(98)75-40-20-15-16-25-71-55(89)46(29-49(68)84)78-62(96)47(30-51(87)88)79-61(95)45(28-39-31-70-33-72-39)77-60(94)44(27-38-18-13-12-14-19-38)80-65(99)54(37(8)11-3)82-57(91)41(21-17-24-67)73-56(40)90/h12-14,18-19,31,33-37,40-48,52-54H,9-11,15-17,20-30,32,67,69H2,1-8H3,(H2,68,84)(H,70,72)(H,71,89)(H,73,90)(H,74,93)(H,75,98)(H,76,97)(H,77,94)(H,78,96)(H,79,95)(H,80,99)(H,82,91)(H,83,92)(H,85,86)(H,87,88)/t35-,36-,37-,40-,41+,42+,43-,44+,45-,46-,47+,48-,52-,53-,54-/m0/s1. The highest BCUT2D eigenvalue weighted by Gasteiger charge is 2.40. The minimum absolute atomic E-state index is 0.00117. The fourth-order valence-corrected chi connectivity index (χ4v) is 12.0. The fourth-order valence-electron chi connectivity index (χ4n) is 10.9. The lowest BCUT2D eigenvalue weighted by molar-refractivity contribution is -0.142. The van der Waals surface area contributed by atoms with Crippen LogP contribution in [0.15, 0.2) is 47.8 Å². The Hall–Kier alpha value is -9.05. The summed E-state index contributed by atoms with van der Waals surface area (Å²) in [4.78, 5) is 207. The van der Waals surface area contributed by atoms with Crippen molar-refractivity contribution in [1.29, 1.82) is 0 Å². The van der Waals surface area contributed by atoms with Crippen molar-refractivity contribution in [2.24, 2.45) is 45.9 Å². The molecule has 12 amide bonds. The van der Waals surface area contributed by atoms with Gasteiger partial charge in [0.2, 0.25) is 70.9 Å². The van der Waals surface area contributed by atoms with E-state index in [2.05, 4.69) is 73.4 Å². The number of rotatable bonds is 31. The van der Waals surface area contributed by atoms with E-state index in [1.807, 2.05) is 27.7 Å². The van der Waals surface area contributed by atoms with E-state index in [1.165, 1.54) is 24.3 Å². The maximum Gasteiger partial charge on any atom is 0.305 e. The molecule has 1 saturated heterocycles. The monoisotopic (exact) mass is 1420 g/mol. The van der Waals surface area contributed by atoms with Crippen LogP contribution < -0.4 is 75.7 Å². The van der Waals surface area contributed by atoms with E-state index >= 15 is 0 Å². The number of aliphatic imine (C=N–C) groups is 1. The molecule has 2 aliphatic rings. The van der Waals surface area contributed by atoms with E-state index in [9.17, 15) is 77.3 Å². The van der Waals surface area contributed by atoms with E-state index in [-0.39, 0.29) is 94.9 Å². The van der Waals surface area contributed by atoms with Crippen LogP contribution in [0, 0.1) is 23.7 Å². The maximum atomic E-state index is 14.9. The van der Waals surface area contributed by atoms with Crippen molar-refractivity contribution in [2.45, 2.75) is 224 Å². The Kier molecular flexibility index (Phi) is 35.1. The fraction of sp³-hybridized carbons (Fsp3) is 0.636. The third kappa shape index (κ3) is 27.6. The van der Waals surface area contributed by atoms with Crippen molar-refractivity contribution in [3.8, 4) is 0 Å². The Bertz CT molecular complexity index is 3160. The molecule has 1 fully saturated rings. The summed E-state index contributed by atoms with van der Waals surface area (Å²) in [6.45, 7) is 14.1. The minimum atomic E-state index is -1.94. The molecule has 100 heavy (non-hydrogen) atoms. The van der Waals surface area contributed by atoms with Gasteiger partial charge in [-0.3, -0.25) is 72.1 Å². The predicted octanol–water partition coefficient (Wildman–Crippen LogP) is -1.68. The van der Waals surface area contributed by atoms with Gasteiger partial charge >= 0.3 is 11.9 Å². The third-order valence-electron chi connectivity index (χ3n) is 17.5. The Labute approximate surface area is 586 Å². The zero-order valence-corrected chi connectivity index (χ0v) is 59.0. The van der Waals surface area contributed by atoms with E-state index in [1.54, 1.807) is 58.0 Å². The number of hydrogen-bond acceptors (Lipinski definition) is 19. The van der Waals surface area contributed by atoms with Gasteiger partial charge in [-0.1, -0.05) is 105 Å². The molecule has 1 aromatic carbocycles. The molecular weight excluding hydrogens is 1320 g/mol. The first-order chi connectivity index (χ1) is 47.4. The summed E-state index contributed by atoms with van der Waals surface area (Å²) in [5.74, 6) is -15.4. The van der Waals surface area contributed by atoms with Crippen LogP contribution in [0.4, 0.5) is 0 Å². The zero-order valence-electron chi connectivity index (χ0n) is 58.2. The van der Waals surface area contributed by atoms with Crippen molar-refractivity contribution in [2.75, 3.05) is 18.8 Å². The topological polar surface area (TPSA) is 531 Å². The summed E-state index contributed by atoms with van der Waals surface area (Å²) >= 11 is 1.35. The number of thioether (sulfide) groups is 1. The largest absolute Gasteiger partial charge is 0.481 e. The lowest BCUT2D eigenvalue weighted by atomic mass is 9.96. The number of imidazole rings is 1. The molecule has 2 aromatic rings. The van der Waals surface area contributed by atoms with Crippen LogP contribution in [0.1, 0.15) is 150 Å². The van der Waals surface area contributed by atoms with Crippen LogP contribution in [-0.4, -0.2) is 199 Å². The third-order valence-corrected chi connectivity index (χ3v) is 18.6. The Morgan fingerprint density at radius 2 is 1.26 bits per heavy atom. The number of benzene rings is 1. The first-order valence-electron chi connectivity index (χ1n) is 34.1. The first kappa shape index (κ1) is 83.4. The van der Waals surface area contributed by atoms with Gasteiger partial charge < -0.3 is 90.9 Å². The van der Waals surface area contributed by atoms with Crippen molar-refractivity contribution in [1.82, 2.24) is 68.5 Å². The number of nitrogens with zero attached hydrogens (tertiary/aromatic N) is 2. The Balaban J connectivity index is 1.77. The van der Waals surface area contributed by atoms with Gasteiger partial charge in [0, 0.05) is 43.5 Å². The molecule has 0 spiro atoms. The molecular formula is C66H103N17O16S. The summed E-state index contributed by atoms with van der Waals surface area (Å²) in [6.07, 6.45) is 0.368. The smallest absolute Gasteiger partial charge is 0.305 e. The average Bonchev–Trinajstić information content (AvgIpc) is 1.37. The SMILES string of the molecule is CC[C@H](C)[C@H](N)C1=N[C@H](C(=O)N[C@@H](CC(C)C)C(=O)N[C@H](CCC(=O)O)C(=O)N[C@H](C(=O)N[C@H]2CCCCNC(=O)[C@H](CC(N)=O)NC(=O)[C@@H](CC(=O)O)NC(=O)[C@H](Cc3cnc[nH]3)NC(=O)[C@@H](Cc3ccccc3)NC(=O)[C@H]([C@@H](C)CC)NC(=O)[C@@H](CCCN)NC2=O)[C@@H](C)CC)CS1. The molecule has 4 rings (SSSR count). The highest BCUT2D eigenvalue weighted by Crippen LogP contribution is 2.25. The quantitative estimate of drug-likeness (QED) is 0.0401. The van der Waals surface area contributed by atoms with Crippen molar-refractivity contribution < 1.29 is 77.3 Å². The molecule has 15 atom stereocenters. The second-order valence-corrected chi connectivity index (χ2v) is 27.0. The number of primary amides is 1. The van der Waals surface area contributed by atoms with Crippen molar-refractivity contribution >= 4 is 99.6 Å². The highest BCUT2D eigenvalue weighted by atomic mass is 32.2. The molecule has 0 aliphatic carbocycles. The summed E-state index contributed by atoms with van der Waals surface area (Å²) < 4.78 is 0. The van der Waals surface area contributed by atoms with Gasteiger partial charge in [-0.05, 0) is 80.7 Å². The number of aliphatic carboxylic acids is 2. The van der Waals surface area contributed by atoms with Crippen LogP contribution in [0.3, 0.4) is 0 Å². The number of carboxylic acid groups (broad SMARTS) is 2. The molecule has 0 bridgehead atoms. The first-order valence-corrected chi connectivity index (χ1v) is 35.1.